The zero-order chi connectivity index (χ0) is 24.3. The van der Waals surface area contributed by atoms with Crippen LogP contribution in [-0.4, -0.2) is 32.4 Å². The minimum absolute atomic E-state index is 0.0623. The van der Waals surface area contributed by atoms with Gasteiger partial charge in [-0.3, -0.25) is 9.59 Å². The molecule has 32 heavy (non-hydrogen) atoms. The van der Waals surface area contributed by atoms with Gasteiger partial charge in [-0.15, -0.1) is 0 Å². The Balaban J connectivity index is 2.02. The highest BCUT2D eigenvalue weighted by Gasteiger charge is 2.32. The van der Waals surface area contributed by atoms with E-state index in [0.717, 1.165) is 17.7 Å². The third-order valence-corrected chi connectivity index (χ3v) is 6.12. The Kier molecular flexibility index (Phi) is 7.92. The lowest BCUT2D eigenvalue weighted by molar-refractivity contribution is -0.154. The molecule has 174 valence electrons. The fraction of sp³-hybridized carbons (Fsp3) is 0.300. The molecule has 0 bridgehead atoms. The van der Waals surface area contributed by atoms with Crippen LogP contribution in [0, 0.1) is 6.92 Å². The van der Waals surface area contributed by atoms with Crippen molar-refractivity contribution < 1.29 is 35.9 Å². The number of carbonyl (C=O) groups excluding carboxylic acids is 2. The van der Waals surface area contributed by atoms with Crippen molar-refractivity contribution in [3.05, 3.63) is 58.6 Å². The van der Waals surface area contributed by atoms with Crippen molar-refractivity contribution in [1.82, 2.24) is 4.72 Å². The molecular weight excluding hydrogens is 473 g/mol. The molecule has 0 aliphatic rings. The summed E-state index contributed by atoms with van der Waals surface area (Å²) in [5, 5.41) is 2.01. The minimum atomic E-state index is -4.65. The smallest absolute Gasteiger partial charge is 0.416 e. The summed E-state index contributed by atoms with van der Waals surface area (Å²) in [7, 11) is -4.03. The summed E-state index contributed by atoms with van der Waals surface area (Å²) in [5.41, 5.74) is -0.499. The Morgan fingerprint density at radius 2 is 1.66 bits per heavy atom. The number of halogens is 4. The second kappa shape index (κ2) is 9.88. The van der Waals surface area contributed by atoms with E-state index >= 15 is 0 Å². The molecule has 0 radical (unpaired) electrons. The molecule has 0 spiro atoms. The Morgan fingerprint density at radius 3 is 2.22 bits per heavy atom. The van der Waals surface area contributed by atoms with Gasteiger partial charge in [0.15, 0.2) is 6.10 Å². The quantitative estimate of drug-likeness (QED) is 0.571. The van der Waals surface area contributed by atoms with E-state index < -0.39 is 45.8 Å². The summed E-state index contributed by atoms with van der Waals surface area (Å²) < 4.78 is 70.4. The molecule has 1 amide bonds. The van der Waals surface area contributed by atoms with E-state index in [4.69, 9.17) is 16.3 Å². The first-order chi connectivity index (χ1) is 14.7. The number of hydrogen-bond donors (Lipinski definition) is 2. The Morgan fingerprint density at radius 1 is 1.06 bits per heavy atom. The highest BCUT2D eigenvalue weighted by molar-refractivity contribution is 7.89. The van der Waals surface area contributed by atoms with Gasteiger partial charge in [-0.2, -0.15) is 17.9 Å². The first-order valence-electron chi connectivity index (χ1n) is 9.18. The first-order valence-corrected chi connectivity index (χ1v) is 11.0. The molecular formula is C20H20ClF3N2O5S. The van der Waals surface area contributed by atoms with E-state index in [1.807, 2.05) is 0 Å². The van der Waals surface area contributed by atoms with Gasteiger partial charge in [-0.25, -0.2) is 8.42 Å². The third kappa shape index (κ3) is 6.68. The predicted octanol–water partition coefficient (Wildman–Crippen LogP) is 3.90. The number of ether oxygens (including phenoxy) is 1. The van der Waals surface area contributed by atoms with Crippen molar-refractivity contribution >= 4 is 39.2 Å². The molecule has 1 unspecified atom stereocenters. The fourth-order valence-electron chi connectivity index (χ4n) is 2.43. The largest absolute Gasteiger partial charge is 0.451 e. The van der Waals surface area contributed by atoms with Crippen molar-refractivity contribution in [2.45, 2.75) is 44.0 Å². The van der Waals surface area contributed by atoms with Gasteiger partial charge in [-0.1, -0.05) is 29.3 Å². The number of carbonyl (C=O) groups is 2. The van der Waals surface area contributed by atoms with Crippen molar-refractivity contribution in [3.8, 4) is 0 Å². The number of aryl methyl sites for hydroxylation is 1. The van der Waals surface area contributed by atoms with Crippen LogP contribution in [0.5, 0.6) is 0 Å². The molecule has 2 rings (SSSR count). The van der Waals surface area contributed by atoms with Crippen LogP contribution < -0.4 is 10.0 Å². The van der Waals surface area contributed by atoms with Crippen LogP contribution in [0.15, 0.2) is 47.4 Å². The van der Waals surface area contributed by atoms with Crippen molar-refractivity contribution in [3.63, 3.8) is 0 Å². The third-order valence-electron chi connectivity index (χ3n) is 4.23. The monoisotopic (exact) mass is 492 g/mol. The van der Waals surface area contributed by atoms with Crippen molar-refractivity contribution in [2.24, 2.45) is 0 Å². The van der Waals surface area contributed by atoms with Gasteiger partial charge in [0.2, 0.25) is 10.0 Å². The van der Waals surface area contributed by atoms with E-state index in [1.165, 1.54) is 26.0 Å². The molecule has 0 saturated carbocycles. The highest BCUT2D eigenvalue weighted by Crippen LogP contribution is 2.33. The lowest BCUT2D eigenvalue weighted by atomic mass is 10.2. The van der Waals surface area contributed by atoms with Gasteiger partial charge < -0.3 is 10.1 Å². The Bertz CT molecular complexity index is 1110. The fourth-order valence-corrected chi connectivity index (χ4v) is 3.78. The molecule has 2 N–H and O–H groups in total. The number of benzene rings is 2. The summed E-state index contributed by atoms with van der Waals surface area (Å²) in [5.74, 6) is -2.01. The standard InChI is InChI=1S/C20H20ClF3N2O5S/c1-11-4-7-15(8-5-11)32(29,30)26-12(2)19(28)31-13(3)18(27)25-17-10-14(20(22,23)24)6-9-16(17)21/h4-10,12-13,26H,1-3H3,(H,25,27)/t12-,13?/m0/s1. The summed E-state index contributed by atoms with van der Waals surface area (Å²) in [6, 6.07) is 6.93. The van der Waals surface area contributed by atoms with E-state index in [9.17, 15) is 31.2 Å². The second-order valence-corrected chi connectivity index (χ2v) is 9.04. The zero-order valence-electron chi connectivity index (χ0n) is 17.2. The number of rotatable bonds is 7. The second-order valence-electron chi connectivity index (χ2n) is 6.92. The molecule has 7 nitrogen and oxygen atoms in total. The van der Waals surface area contributed by atoms with Crippen LogP contribution in [0.25, 0.3) is 0 Å². The number of hydrogen-bond acceptors (Lipinski definition) is 5. The van der Waals surface area contributed by atoms with Crippen LogP contribution in [0.3, 0.4) is 0 Å². The van der Waals surface area contributed by atoms with Crippen molar-refractivity contribution in [1.29, 1.82) is 0 Å². The Hall–Kier alpha value is -2.63. The van der Waals surface area contributed by atoms with E-state index in [0.29, 0.717) is 6.07 Å². The number of nitrogens with one attached hydrogen (secondary N) is 2. The van der Waals surface area contributed by atoms with E-state index in [2.05, 4.69) is 10.0 Å². The normalized spacial score (nSPS) is 13.8. The van der Waals surface area contributed by atoms with Gasteiger partial charge in [0.25, 0.3) is 5.91 Å². The van der Waals surface area contributed by atoms with Crippen LogP contribution in [0.4, 0.5) is 18.9 Å². The summed E-state index contributed by atoms with van der Waals surface area (Å²) in [4.78, 5) is 24.4. The first kappa shape index (κ1) is 25.6. The zero-order valence-corrected chi connectivity index (χ0v) is 18.7. The highest BCUT2D eigenvalue weighted by atomic mass is 35.5. The predicted molar refractivity (Wildman–Crippen MR) is 112 cm³/mol. The molecule has 0 aromatic heterocycles. The summed E-state index contributed by atoms with van der Waals surface area (Å²) in [6.07, 6.45) is -6.09. The average molecular weight is 493 g/mol. The maximum atomic E-state index is 12.9. The number of amides is 1. The molecule has 0 saturated heterocycles. The lowest BCUT2D eigenvalue weighted by Crippen LogP contribution is -2.42. The molecule has 2 aromatic rings. The topological polar surface area (TPSA) is 102 Å². The minimum Gasteiger partial charge on any atom is -0.451 e. The molecule has 0 aliphatic heterocycles. The summed E-state index contributed by atoms with van der Waals surface area (Å²) >= 11 is 5.83. The average Bonchev–Trinajstić information content (AvgIpc) is 2.68. The lowest BCUT2D eigenvalue weighted by Gasteiger charge is -2.18. The van der Waals surface area contributed by atoms with Crippen LogP contribution in [0.2, 0.25) is 5.02 Å². The van der Waals surface area contributed by atoms with Gasteiger partial charge >= 0.3 is 12.1 Å². The van der Waals surface area contributed by atoms with Gasteiger partial charge in [0.05, 0.1) is 21.2 Å². The van der Waals surface area contributed by atoms with Gasteiger partial charge in [0.1, 0.15) is 6.04 Å². The molecule has 2 atom stereocenters. The number of sulfonamides is 1. The molecule has 0 heterocycles. The van der Waals surface area contributed by atoms with Gasteiger partial charge in [-0.05, 0) is 51.1 Å². The maximum Gasteiger partial charge on any atom is 0.416 e. The molecule has 2 aromatic carbocycles. The van der Waals surface area contributed by atoms with Crippen molar-refractivity contribution in [2.75, 3.05) is 5.32 Å². The number of esters is 1. The molecule has 12 heteroatoms. The van der Waals surface area contributed by atoms with Gasteiger partial charge in [0, 0.05) is 0 Å². The number of anilines is 1. The van der Waals surface area contributed by atoms with Crippen LogP contribution in [-0.2, 0) is 30.5 Å². The molecule has 0 aliphatic carbocycles. The van der Waals surface area contributed by atoms with Crippen LogP contribution in [0.1, 0.15) is 25.0 Å². The summed E-state index contributed by atoms with van der Waals surface area (Å²) in [6.45, 7) is 4.18. The van der Waals surface area contributed by atoms with E-state index in [1.54, 1.807) is 19.1 Å². The maximum absolute atomic E-state index is 12.9. The molecule has 0 fully saturated rings. The van der Waals surface area contributed by atoms with Crippen LogP contribution >= 0.6 is 11.6 Å². The van der Waals surface area contributed by atoms with E-state index in [-0.39, 0.29) is 15.6 Å². The number of alkyl halides is 3. The SMILES string of the molecule is Cc1ccc(S(=O)(=O)N[C@@H](C)C(=O)OC(C)C(=O)Nc2cc(C(F)(F)F)ccc2Cl)cc1. The Labute approximate surface area is 188 Å².